The molecule has 2 fully saturated rings. The first-order valence-corrected chi connectivity index (χ1v) is 10.2. The summed E-state index contributed by atoms with van der Waals surface area (Å²) in [6.45, 7) is 0. The summed E-state index contributed by atoms with van der Waals surface area (Å²) in [5, 5.41) is 19.8. The number of rotatable bonds is 3. The van der Waals surface area contributed by atoms with E-state index in [9.17, 15) is 9.59 Å². The second-order valence-electron chi connectivity index (χ2n) is 8.62. The van der Waals surface area contributed by atoms with E-state index in [-0.39, 0.29) is 22.9 Å². The lowest BCUT2D eigenvalue weighted by molar-refractivity contribution is -0.0197. The number of nitrogens with zero attached hydrogens (tertiary/aromatic N) is 4. The highest BCUT2D eigenvalue weighted by Crippen LogP contribution is 2.62. The van der Waals surface area contributed by atoms with Crippen LogP contribution in [-0.4, -0.2) is 36.7 Å². The zero-order valence-electron chi connectivity index (χ0n) is 16.2. The lowest BCUT2D eigenvalue weighted by Crippen LogP contribution is -2.56. The standard InChI is InChI=1S/C22H20N6O2/c29-20-16-6-2-1-5-15(16)18(25-27-20)13-9-22(10-13)11-14(12-22)23-21(30)19-26-24-17-7-3-4-8-28(17)19/h1-8,13-14H,9-12H2,(H,23,30)(H,27,29). The van der Waals surface area contributed by atoms with Crippen LogP contribution in [0.5, 0.6) is 0 Å². The third-order valence-electron chi connectivity index (χ3n) is 6.68. The normalized spacial score (nSPS) is 25.2. The van der Waals surface area contributed by atoms with Crippen molar-refractivity contribution in [3.05, 3.63) is 70.5 Å². The fraction of sp³-hybridized carbons (Fsp3) is 0.318. The highest BCUT2D eigenvalue weighted by molar-refractivity contribution is 5.91. The molecule has 0 bridgehead atoms. The topological polar surface area (TPSA) is 105 Å². The largest absolute Gasteiger partial charge is 0.347 e. The smallest absolute Gasteiger partial charge is 0.289 e. The molecule has 8 heteroatoms. The summed E-state index contributed by atoms with van der Waals surface area (Å²) in [6, 6.07) is 13.4. The predicted octanol–water partition coefficient (Wildman–Crippen LogP) is 2.42. The highest BCUT2D eigenvalue weighted by Gasteiger charge is 2.54. The summed E-state index contributed by atoms with van der Waals surface area (Å²) in [7, 11) is 0. The van der Waals surface area contributed by atoms with Gasteiger partial charge in [0.15, 0.2) is 5.65 Å². The van der Waals surface area contributed by atoms with Crippen LogP contribution in [0, 0.1) is 5.41 Å². The van der Waals surface area contributed by atoms with E-state index in [4.69, 9.17) is 0 Å². The fourth-order valence-corrected chi connectivity index (χ4v) is 5.29. The average molecular weight is 400 g/mol. The Labute approximate surface area is 171 Å². The van der Waals surface area contributed by atoms with Crippen molar-refractivity contribution in [2.24, 2.45) is 5.41 Å². The van der Waals surface area contributed by atoms with Gasteiger partial charge in [-0.1, -0.05) is 24.3 Å². The van der Waals surface area contributed by atoms with Crippen LogP contribution in [0.15, 0.2) is 53.5 Å². The molecule has 1 spiro atoms. The number of aromatic amines is 1. The van der Waals surface area contributed by atoms with Crippen molar-refractivity contribution in [2.75, 3.05) is 0 Å². The van der Waals surface area contributed by atoms with Gasteiger partial charge in [0.25, 0.3) is 11.5 Å². The summed E-state index contributed by atoms with van der Waals surface area (Å²) < 4.78 is 1.70. The van der Waals surface area contributed by atoms with Crippen molar-refractivity contribution >= 4 is 22.3 Å². The van der Waals surface area contributed by atoms with Crippen LogP contribution >= 0.6 is 0 Å². The fourth-order valence-electron chi connectivity index (χ4n) is 5.29. The van der Waals surface area contributed by atoms with Crippen LogP contribution < -0.4 is 10.9 Å². The van der Waals surface area contributed by atoms with Gasteiger partial charge in [0.2, 0.25) is 5.82 Å². The minimum absolute atomic E-state index is 0.143. The van der Waals surface area contributed by atoms with E-state index in [1.807, 2.05) is 42.5 Å². The molecule has 2 aliphatic rings. The lowest BCUT2D eigenvalue weighted by atomic mass is 9.49. The summed E-state index contributed by atoms with van der Waals surface area (Å²) in [6.07, 6.45) is 5.80. The quantitative estimate of drug-likeness (QED) is 0.549. The van der Waals surface area contributed by atoms with E-state index < -0.39 is 0 Å². The number of hydrogen-bond acceptors (Lipinski definition) is 5. The first kappa shape index (κ1) is 17.3. The van der Waals surface area contributed by atoms with E-state index in [1.54, 1.807) is 10.6 Å². The number of fused-ring (bicyclic) bond motifs is 2. The number of amides is 1. The molecule has 1 aromatic carbocycles. The number of carbonyl (C=O) groups excluding carboxylic acids is 1. The lowest BCUT2D eigenvalue weighted by Gasteiger charge is -2.57. The molecular weight excluding hydrogens is 380 g/mol. The van der Waals surface area contributed by atoms with Gasteiger partial charge < -0.3 is 5.32 Å². The van der Waals surface area contributed by atoms with Gasteiger partial charge >= 0.3 is 0 Å². The molecule has 2 N–H and O–H groups in total. The van der Waals surface area contributed by atoms with E-state index in [1.165, 1.54) is 0 Å². The van der Waals surface area contributed by atoms with Gasteiger partial charge in [-0.25, -0.2) is 5.10 Å². The van der Waals surface area contributed by atoms with Crippen LogP contribution in [0.3, 0.4) is 0 Å². The second kappa shape index (κ2) is 6.22. The van der Waals surface area contributed by atoms with Crippen molar-refractivity contribution in [1.29, 1.82) is 0 Å². The van der Waals surface area contributed by atoms with Gasteiger partial charge in [0.1, 0.15) is 0 Å². The number of H-pyrrole nitrogens is 1. The van der Waals surface area contributed by atoms with Crippen molar-refractivity contribution in [2.45, 2.75) is 37.6 Å². The van der Waals surface area contributed by atoms with Gasteiger partial charge in [0.05, 0.1) is 11.1 Å². The first-order chi connectivity index (χ1) is 14.6. The zero-order chi connectivity index (χ0) is 20.3. The first-order valence-electron chi connectivity index (χ1n) is 10.2. The zero-order valence-corrected chi connectivity index (χ0v) is 16.2. The molecule has 8 nitrogen and oxygen atoms in total. The molecule has 3 aromatic heterocycles. The monoisotopic (exact) mass is 400 g/mol. The Morgan fingerprint density at radius 3 is 2.63 bits per heavy atom. The molecule has 0 unspecified atom stereocenters. The van der Waals surface area contributed by atoms with E-state index in [0.29, 0.717) is 22.8 Å². The van der Waals surface area contributed by atoms with Crippen molar-refractivity contribution in [3.8, 4) is 0 Å². The molecule has 6 rings (SSSR count). The summed E-state index contributed by atoms with van der Waals surface area (Å²) in [5.41, 5.74) is 1.78. The van der Waals surface area contributed by atoms with Crippen LogP contribution in [0.1, 0.15) is 47.9 Å². The third-order valence-corrected chi connectivity index (χ3v) is 6.68. The Kier molecular flexibility index (Phi) is 3.59. The molecule has 2 aliphatic carbocycles. The Balaban J connectivity index is 1.12. The van der Waals surface area contributed by atoms with Crippen molar-refractivity contribution < 1.29 is 4.79 Å². The molecule has 0 saturated heterocycles. The Bertz CT molecular complexity index is 1340. The maximum absolute atomic E-state index is 12.6. The Morgan fingerprint density at radius 1 is 1.03 bits per heavy atom. The van der Waals surface area contributed by atoms with Gasteiger partial charge in [-0.2, -0.15) is 5.10 Å². The summed E-state index contributed by atoms with van der Waals surface area (Å²) >= 11 is 0. The molecule has 2 saturated carbocycles. The van der Waals surface area contributed by atoms with Gasteiger partial charge in [-0.3, -0.25) is 14.0 Å². The SMILES string of the molecule is O=C(NC1CC2(C1)CC(c1n[nH]c(=O)c3ccccc13)C2)c1nnc2ccccn12. The minimum Gasteiger partial charge on any atom is -0.347 e. The molecule has 0 atom stereocenters. The number of aromatic nitrogens is 5. The van der Waals surface area contributed by atoms with Gasteiger partial charge in [-0.05, 0) is 49.3 Å². The van der Waals surface area contributed by atoms with Gasteiger partial charge in [0, 0.05) is 23.5 Å². The van der Waals surface area contributed by atoms with Crippen LogP contribution in [0.4, 0.5) is 0 Å². The molecule has 3 heterocycles. The third kappa shape index (κ3) is 2.56. The van der Waals surface area contributed by atoms with Gasteiger partial charge in [-0.15, -0.1) is 10.2 Å². The average Bonchev–Trinajstić information content (AvgIpc) is 3.14. The Morgan fingerprint density at radius 2 is 1.80 bits per heavy atom. The Hall–Kier alpha value is -3.55. The molecular formula is C22H20N6O2. The molecule has 4 aromatic rings. The molecule has 0 aliphatic heterocycles. The van der Waals surface area contributed by atoms with Crippen LogP contribution in [-0.2, 0) is 0 Å². The number of hydrogen-bond donors (Lipinski definition) is 2. The molecule has 0 radical (unpaired) electrons. The van der Waals surface area contributed by atoms with Crippen LogP contribution in [0.2, 0.25) is 0 Å². The molecule has 150 valence electrons. The van der Waals surface area contributed by atoms with E-state index in [2.05, 4.69) is 25.7 Å². The second-order valence-corrected chi connectivity index (χ2v) is 8.62. The summed E-state index contributed by atoms with van der Waals surface area (Å²) in [4.78, 5) is 24.6. The minimum atomic E-state index is -0.183. The maximum Gasteiger partial charge on any atom is 0.289 e. The molecule has 30 heavy (non-hydrogen) atoms. The number of carbonyl (C=O) groups is 1. The maximum atomic E-state index is 12.6. The summed E-state index contributed by atoms with van der Waals surface area (Å²) in [5.74, 6) is 0.489. The van der Waals surface area contributed by atoms with Crippen LogP contribution in [0.25, 0.3) is 16.4 Å². The number of pyridine rings is 1. The molecule has 1 amide bonds. The van der Waals surface area contributed by atoms with Crippen molar-refractivity contribution in [1.82, 2.24) is 30.1 Å². The number of benzene rings is 1. The van der Waals surface area contributed by atoms with Crippen molar-refractivity contribution in [3.63, 3.8) is 0 Å². The van der Waals surface area contributed by atoms with E-state index in [0.717, 1.165) is 36.8 Å². The number of nitrogens with one attached hydrogen (secondary N) is 2. The predicted molar refractivity (Wildman–Crippen MR) is 110 cm³/mol. The highest BCUT2D eigenvalue weighted by atomic mass is 16.2. The van der Waals surface area contributed by atoms with E-state index >= 15 is 0 Å².